The van der Waals surface area contributed by atoms with Crippen molar-refractivity contribution >= 4 is 29.5 Å². The summed E-state index contributed by atoms with van der Waals surface area (Å²) in [5.74, 6) is -2.02. The van der Waals surface area contributed by atoms with Gasteiger partial charge >= 0.3 is 5.97 Å². The molecule has 3 aliphatic heterocycles. The van der Waals surface area contributed by atoms with Gasteiger partial charge in [0.2, 0.25) is 11.8 Å². The molecule has 2 unspecified atom stereocenters. The summed E-state index contributed by atoms with van der Waals surface area (Å²) in [6, 6.07) is 8.96. The number of unbranched alkanes of at least 4 members (excludes halogenated alkanes) is 1. The van der Waals surface area contributed by atoms with Crippen LogP contribution in [0.2, 0.25) is 0 Å². The Bertz CT molecular complexity index is 1020. The van der Waals surface area contributed by atoms with Crippen molar-refractivity contribution in [2.24, 2.45) is 11.8 Å². The Kier molecular flexibility index (Phi) is 7.95. The second kappa shape index (κ2) is 10.8. The predicted molar refractivity (Wildman–Crippen MR) is 140 cm³/mol. The highest BCUT2D eigenvalue weighted by Gasteiger charge is 2.77. The smallest absolute Gasteiger partial charge is 0.311 e. The third kappa shape index (κ3) is 4.50. The van der Waals surface area contributed by atoms with Crippen LogP contribution in [0.4, 0.5) is 0 Å². The molecule has 8 heteroatoms. The van der Waals surface area contributed by atoms with Crippen LogP contribution in [0.15, 0.2) is 55.6 Å². The number of thioether (sulfide) groups is 1. The van der Waals surface area contributed by atoms with Gasteiger partial charge in [-0.25, -0.2) is 0 Å². The van der Waals surface area contributed by atoms with E-state index in [4.69, 9.17) is 4.74 Å². The summed E-state index contributed by atoms with van der Waals surface area (Å²) in [7, 11) is 0. The van der Waals surface area contributed by atoms with Crippen LogP contribution in [-0.4, -0.2) is 74.5 Å². The fourth-order valence-electron chi connectivity index (χ4n) is 6.27. The number of carbonyl (C=O) groups excluding carboxylic acids is 3. The molecule has 1 aromatic carbocycles. The largest absolute Gasteiger partial charge is 0.465 e. The SMILES string of the molecule is C=CCCCOC(=O)[C@H]1[C@H]2C(=O)N(CCO)C(C(=O)N(CC=C)Cc3ccccc3)C23CC[C@]1(C)S3. The zero-order valence-electron chi connectivity index (χ0n) is 20.9. The zero-order chi connectivity index (χ0) is 25.9. The molecule has 1 spiro atoms. The number of allylic oxidation sites excluding steroid dienone is 1. The summed E-state index contributed by atoms with van der Waals surface area (Å²) in [5, 5.41) is 9.80. The van der Waals surface area contributed by atoms with Gasteiger partial charge in [0.1, 0.15) is 6.04 Å². The number of carbonyl (C=O) groups is 3. The molecule has 0 saturated carbocycles. The maximum absolute atomic E-state index is 14.2. The van der Waals surface area contributed by atoms with Crippen LogP contribution in [0, 0.1) is 11.8 Å². The molecule has 2 amide bonds. The number of likely N-dealkylation sites (tertiary alicyclic amines) is 1. The van der Waals surface area contributed by atoms with E-state index in [1.54, 1.807) is 28.8 Å². The van der Waals surface area contributed by atoms with Crippen LogP contribution in [0.25, 0.3) is 0 Å². The topological polar surface area (TPSA) is 87.1 Å². The van der Waals surface area contributed by atoms with Gasteiger partial charge in [-0.05, 0) is 38.2 Å². The van der Waals surface area contributed by atoms with Gasteiger partial charge < -0.3 is 19.6 Å². The summed E-state index contributed by atoms with van der Waals surface area (Å²) in [6.45, 7) is 10.4. The molecular formula is C28H36N2O5S. The summed E-state index contributed by atoms with van der Waals surface area (Å²) >= 11 is 1.61. The van der Waals surface area contributed by atoms with Gasteiger partial charge in [0.15, 0.2) is 0 Å². The number of ether oxygens (including phenoxy) is 1. The number of aliphatic hydroxyl groups is 1. The molecule has 36 heavy (non-hydrogen) atoms. The number of β-amino-alcohol motifs (C(OH)–C–C–N with tert-alkyl or cyclic N) is 1. The van der Waals surface area contributed by atoms with Gasteiger partial charge in [0.25, 0.3) is 0 Å². The minimum absolute atomic E-state index is 0.0547. The van der Waals surface area contributed by atoms with Crippen molar-refractivity contribution in [1.82, 2.24) is 9.80 Å². The van der Waals surface area contributed by atoms with Crippen molar-refractivity contribution in [3.8, 4) is 0 Å². The van der Waals surface area contributed by atoms with Crippen molar-refractivity contribution in [3.05, 3.63) is 61.2 Å². The Morgan fingerprint density at radius 2 is 2.00 bits per heavy atom. The van der Waals surface area contributed by atoms with E-state index in [9.17, 15) is 19.5 Å². The van der Waals surface area contributed by atoms with Crippen LogP contribution in [0.1, 0.15) is 38.2 Å². The number of nitrogens with zero attached hydrogens (tertiary/aromatic N) is 2. The van der Waals surface area contributed by atoms with E-state index in [1.165, 1.54) is 4.90 Å². The van der Waals surface area contributed by atoms with Crippen LogP contribution in [0.5, 0.6) is 0 Å². The third-order valence-corrected chi connectivity index (χ3v) is 9.77. The summed E-state index contributed by atoms with van der Waals surface area (Å²) in [5.41, 5.74) is 0.982. The maximum atomic E-state index is 14.2. The fraction of sp³-hybridized carbons (Fsp3) is 0.536. The van der Waals surface area contributed by atoms with Crippen LogP contribution >= 0.6 is 11.8 Å². The second-order valence-electron chi connectivity index (χ2n) is 10.1. The number of aliphatic hydroxyl groups excluding tert-OH is 1. The third-order valence-electron chi connectivity index (χ3n) is 7.78. The molecule has 0 radical (unpaired) electrons. The monoisotopic (exact) mass is 512 g/mol. The lowest BCUT2D eigenvalue weighted by molar-refractivity contribution is -0.155. The molecule has 3 saturated heterocycles. The molecule has 1 N–H and O–H groups in total. The zero-order valence-corrected chi connectivity index (χ0v) is 21.8. The molecule has 194 valence electrons. The fourth-order valence-corrected chi connectivity index (χ4v) is 8.61. The van der Waals surface area contributed by atoms with Gasteiger partial charge in [0.05, 0.1) is 29.8 Å². The molecule has 1 aromatic rings. The summed E-state index contributed by atoms with van der Waals surface area (Å²) < 4.78 is 4.43. The number of hydrogen-bond donors (Lipinski definition) is 1. The average Bonchev–Trinajstić information content (AvgIpc) is 3.43. The molecule has 0 aromatic heterocycles. The molecule has 2 bridgehead atoms. The number of rotatable bonds is 12. The van der Waals surface area contributed by atoms with E-state index in [0.29, 0.717) is 25.9 Å². The lowest BCUT2D eigenvalue weighted by Crippen LogP contribution is -2.55. The quantitative estimate of drug-likeness (QED) is 0.263. The van der Waals surface area contributed by atoms with E-state index in [-0.39, 0.29) is 37.5 Å². The number of esters is 1. The van der Waals surface area contributed by atoms with E-state index >= 15 is 0 Å². The van der Waals surface area contributed by atoms with Crippen molar-refractivity contribution < 1.29 is 24.2 Å². The first-order valence-electron chi connectivity index (χ1n) is 12.7. The van der Waals surface area contributed by atoms with Gasteiger partial charge in [0, 0.05) is 24.4 Å². The Balaban J connectivity index is 1.66. The standard InChI is InChI=1S/C28H36N2O5S/c1-4-6-10-18-35-26(34)22-21-24(32)30(16-17-31)23(28(21)14-13-27(22,3)36-28)25(33)29(15-5-2)19-20-11-8-7-9-12-20/h4-5,7-9,11-12,21-23,31H,1-2,6,10,13-19H2,3H3/t21-,22+,23?,27-,28?/m0/s1. The minimum atomic E-state index is -0.754. The van der Waals surface area contributed by atoms with Crippen molar-refractivity contribution in [1.29, 1.82) is 0 Å². The number of amides is 2. The molecule has 5 atom stereocenters. The predicted octanol–water partition coefficient (Wildman–Crippen LogP) is 3.18. The Labute approximate surface area is 217 Å². The van der Waals surface area contributed by atoms with Crippen LogP contribution < -0.4 is 0 Å². The molecular weight excluding hydrogens is 476 g/mol. The molecule has 3 aliphatic rings. The van der Waals surface area contributed by atoms with Crippen molar-refractivity contribution in [2.45, 2.75) is 54.7 Å². The first kappa shape index (κ1) is 26.5. The van der Waals surface area contributed by atoms with E-state index in [0.717, 1.165) is 18.4 Å². The number of hydrogen-bond acceptors (Lipinski definition) is 6. The summed E-state index contributed by atoms with van der Waals surface area (Å²) in [4.78, 5) is 44.6. The first-order valence-corrected chi connectivity index (χ1v) is 13.5. The Morgan fingerprint density at radius 1 is 1.25 bits per heavy atom. The molecule has 3 heterocycles. The van der Waals surface area contributed by atoms with Crippen molar-refractivity contribution in [3.63, 3.8) is 0 Å². The van der Waals surface area contributed by atoms with Crippen molar-refractivity contribution in [2.75, 3.05) is 26.3 Å². The Hall–Kier alpha value is -2.58. The molecule has 0 aliphatic carbocycles. The average molecular weight is 513 g/mol. The van der Waals surface area contributed by atoms with E-state index in [1.807, 2.05) is 37.3 Å². The number of fused-ring (bicyclic) bond motifs is 1. The molecule has 3 fully saturated rings. The van der Waals surface area contributed by atoms with Gasteiger partial charge in [-0.2, -0.15) is 0 Å². The van der Waals surface area contributed by atoms with Crippen LogP contribution in [-0.2, 0) is 25.7 Å². The van der Waals surface area contributed by atoms with Crippen LogP contribution in [0.3, 0.4) is 0 Å². The van der Waals surface area contributed by atoms with E-state index in [2.05, 4.69) is 13.2 Å². The van der Waals surface area contributed by atoms with E-state index < -0.39 is 27.4 Å². The normalized spacial score (nSPS) is 30.2. The molecule has 7 nitrogen and oxygen atoms in total. The van der Waals surface area contributed by atoms with Gasteiger partial charge in [-0.15, -0.1) is 24.9 Å². The highest BCUT2D eigenvalue weighted by Crippen LogP contribution is 2.71. The molecule has 4 rings (SSSR count). The first-order chi connectivity index (χ1) is 17.3. The lowest BCUT2D eigenvalue weighted by Gasteiger charge is -2.37. The minimum Gasteiger partial charge on any atom is -0.465 e. The van der Waals surface area contributed by atoms with Gasteiger partial charge in [-0.3, -0.25) is 14.4 Å². The highest BCUT2D eigenvalue weighted by molar-refractivity contribution is 8.02. The second-order valence-corrected chi connectivity index (χ2v) is 12.0. The summed E-state index contributed by atoms with van der Waals surface area (Å²) in [6.07, 6.45) is 6.29. The lowest BCUT2D eigenvalue weighted by atomic mass is 9.66. The number of benzene rings is 1. The highest BCUT2D eigenvalue weighted by atomic mass is 32.2. The van der Waals surface area contributed by atoms with Gasteiger partial charge in [-0.1, -0.05) is 42.5 Å². The maximum Gasteiger partial charge on any atom is 0.311 e. The Morgan fingerprint density at radius 3 is 2.67 bits per heavy atom.